The Morgan fingerprint density at radius 2 is 1.30 bits per heavy atom. The fourth-order valence-electron chi connectivity index (χ4n) is 5.98. The Morgan fingerprint density at radius 1 is 0.773 bits per heavy atom. The molecule has 0 radical (unpaired) electrons. The number of hydrogen-bond donors (Lipinski definition) is 1. The normalized spacial score (nSPS) is 16.4. The highest BCUT2D eigenvalue weighted by Crippen LogP contribution is 2.46. The van der Waals surface area contributed by atoms with E-state index in [2.05, 4.69) is 125 Å². The molecule has 2 unspecified atom stereocenters. The molecule has 1 aliphatic rings. The van der Waals surface area contributed by atoms with Gasteiger partial charge >= 0.3 is 0 Å². The second-order valence-electron chi connectivity index (χ2n) is 17.9. The van der Waals surface area contributed by atoms with Gasteiger partial charge in [0.2, 0.25) is 0 Å². The Bertz CT molecular complexity index is 1190. The van der Waals surface area contributed by atoms with E-state index in [0.29, 0.717) is 11.5 Å². The Morgan fingerprint density at radius 3 is 1.77 bits per heavy atom. The van der Waals surface area contributed by atoms with Crippen molar-refractivity contribution in [1.82, 2.24) is 0 Å². The van der Waals surface area contributed by atoms with Gasteiger partial charge in [0.1, 0.15) is 0 Å². The van der Waals surface area contributed by atoms with E-state index in [1.807, 2.05) is 20.8 Å². The molecular weight excluding hydrogens is 551 g/mol. The average Bonchev–Trinajstić information content (AvgIpc) is 3.25. The first-order chi connectivity index (χ1) is 20.0. The zero-order valence-corrected chi connectivity index (χ0v) is 32.7. The van der Waals surface area contributed by atoms with E-state index in [1.165, 1.54) is 59.5 Å². The van der Waals surface area contributed by atoms with Crippen LogP contribution in [0.5, 0.6) is 0 Å². The summed E-state index contributed by atoms with van der Waals surface area (Å²) in [5, 5.41) is 0. The van der Waals surface area contributed by atoms with Gasteiger partial charge in [-0.2, -0.15) is 0 Å². The highest BCUT2D eigenvalue weighted by atomic mass is 28.3. The molecule has 0 heterocycles. The van der Waals surface area contributed by atoms with Crippen LogP contribution in [0.25, 0.3) is 17.2 Å². The predicted molar refractivity (Wildman–Crippen MR) is 201 cm³/mol. The van der Waals surface area contributed by atoms with Crippen molar-refractivity contribution in [2.75, 3.05) is 6.61 Å². The van der Waals surface area contributed by atoms with Crippen molar-refractivity contribution in [1.29, 1.82) is 0 Å². The summed E-state index contributed by atoms with van der Waals surface area (Å²) in [6, 6.07) is 15.9. The number of allylic oxidation sites excluding steroid dienone is 1. The van der Waals surface area contributed by atoms with Gasteiger partial charge in [-0.15, -0.1) is 0 Å². The van der Waals surface area contributed by atoms with Gasteiger partial charge in [-0.25, -0.2) is 0 Å². The quantitative estimate of drug-likeness (QED) is 0.212. The Kier molecular flexibility index (Phi) is 13.4. The fourth-order valence-corrected chi connectivity index (χ4v) is 9.29. The third-order valence-electron chi connectivity index (χ3n) is 8.45. The molecule has 0 aromatic heterocycles. The maximum atomic E-state index is 5.92. The van der Waals surface area contributed by atoms with Crippen LogP contribution >= 0.6 is 0 Å². The first-order valence-corrected chi connectivity index (χ1v) is 20.1. The van der Waals surface area contributed by atoms with E-state index in [-0.39, 0.29) is 22.0 Å². The number of ether oxygens (including phenoxy) is 1. The topological polar surface area (TPSA) is 35.2 Å². The molecule has 2 nitrogen and oxygen atoms in total. The summed E-state index contributed by atoms with van der Waals surface area (Å²) in [7, 11) is -0.981. The minimum Gasteiger partial charge on any atom is -0.376 e. The molecule has 248 valence electrons. The molecule has 0 bridgehead atoms. The Balaban J connectivity index is 0.00000125. The Hall–Kier alpha value is -1.68. The summed E-state index contributed by atoms with van der Waals surface area (Å²) in [5.41, 5.74) is 16.7. The van der Waals surface area contributed by atoms with Crippen molar-refractivity contribution >= 4 is 14.9 Å². The number of nitrogens with two attached hydrogens (primary N) is 1. The molecule has 0 aliphatic heterocycles. The summed E-state index contributed by atoms with van der Waals surface area (Å²) in [5.74, 6) is 0.589. The lowest BCUT2D eigenvalue weighted by atomic mass is 9.78. The second kappa shape index (κ2) is 15.3. The van der Waals surface area contributed by atoms with Crippen molar-refractivity contribution in [3.63, 3.8) is 0 Å². The molecular formula is C41H69NOSi. The summed E-state index contributed by atoms with van der Waals surface area (Å²) < 4.78 is 5.92. The number of fused-ring (bicyclic) bond motifs is 1. The van der Waals surface area contributed by atoms with Crippen molar-refractivity contribution in [3.8, 4) is 11.1 Å². The monoisotopic (exact) mass is 620 g/mol. The van der Waals surface area contributed by atoms with E-state index in [0.717, 1.165) is 6.61 Å². The highest BCUT2D eigenvalue weighted by molar-refractivity contribution is 6.60. The van der Waals surface area contributed by atoms with Gasteiger partial charge in [-0.3, -0.25) is 0 Å². The zero-order chi connectivity index (χ0) is 33.7. The van der Waals surface area contributed by atoms with Crippen LogP contribution in [0, 0.1) is 5.92 Å². The first-order valence-electron chi connectivity index (χ1n) is 17.4. The second-order valence-corrected chi connectivity index (χ2v) is 21.1. The maximum absolute atomic E-state index is 5.92. The third-order valence-corrected chi connectivity index (χ3v) is 11.6. The van der Waals surface area contributed by atoms with E-state index in [4.69, 9.17) is 10.5 Å². The minimum atomic E-state index is -0.981. The lowest BCUT2D eigenvalue weighted by Crippen LogP contribution is -2.26. The van der Waals surface area contributed by atoms with Gasteiger partial charge in [0, 0.05) is 20.9 Å². The largest absolute Gasteiger partial charge is 0.376 e. The van der Waals surface area contributed by atoms with Gasteiger partial charge in [-0.05, 0) is 104 Å². The van der Waals surface area contributed by atoms with Crippen LogP contribution in [0.15, 0.2) is 42.0 Å². The maximum Gasteiger partial charge on any atom is 0.0598 e. The van der Waals surface area contributed by atoms with Crippen molar-refractivity contribution in [3.05, 3.63) is 64.2 Å². The molecule has 3 rings (SSSR count). The van der Waals surface area contributed by atoms with Gasteiger partial charge in [0.15, 0.2) is 0 Å². The molecule has 2 aromatic rings. The smallest absolute Gasteiger partial charge is 0.0598 e. The lowest BCUT2D eigenvalue weighted by molar-refractivity contribution is -0.00471. The van der Waals surface area contributed by atoms with E-state index >= 15 is 0 Å². The summed E-state index contributed by atoms with van der Waals surface area (Å²) in [4.78, 5) is 0. The molecule has 0 fully saturated rings. The molecule has 2 atom stereocenters. The van der Waals surface area contributed by atoms with Crippen molar-refractivity contribution in [2.24, 2.45) is 11.7 Å². The molecule has 0 saturated carbocycles. The van der Waals surface area contributed by atoms with Crippen LogP contribution < -0.4 is 5.73 Å². The van der Waals surface area contributed by atoms with Crippen LogP contribution in [-0.2, 0) is 15.6 Å². The summed E-state index contributed by atoms with van der Waals surface area (Å²) in [6.45, 7) is 34.7. The van der Waals surface area contributed by atoms with Gasteiger partial charge in [0.05, 0.1) is 5.60 Å². The molecule has 44 heavy (non-hydrogen) atoms. The van der Waals surface area contributed by atoms with Crippen LogP contribution in [0.4, 0.5) is 0 Å². The highest BCUT2D eigenvalue weighted by Gasteiger charge is 2.33. The number of hydrogen-bond acceptors (Lipinski definition) is 2. The minimum absolute atomic E-state index is 0. The third kappa shape index (κ3) is 12.3. The number of benzene rings is 2. The number of unbranched alkanes of at least 4 members (excludes halogenated alkanes) is 3. The van der Waals surface area contributed by atoms with Gasteiger partial charge in [0.25, 0.3) is 0 Å². The molecule has 2 aromatic carbocycles. The first kappa shape index (κ1) is 38.5. The van der Waals surface area contributed by atoms with Crippen molar-refractivity contribution in [2.45, 2.75) is 163 Å². The van der Waals surface area contributed by atoms with Gasteiger partial charge < -0.3 is 10.5 Å². The zero-order valence-electron chi connectivity index (χ0n) is 31.5. The molecule has 0 spiro atoms. The standard InChI is InChI=1S/C37H58OSi.C4H11N/c1-26(2)32-25-33-30(27-22-28(35(3,4)5)24-29(23-27)36(6,7)8)18-17-19-31(33)34(32)39(12)21-16-14-13-15-20-38-37(9,10)11;1-4(2,3)5/h17-19,22-26,34,39H,13-16,20-21H2,1-12H3;5H2,1-3H3. The fraction of sp³-hybridized carbons (Fsp3) is 0.659. The van der Waals surface area contributed by atoms with E-state index < -0.39 is 8.80 Å². The summed E-state index contributed by atoms with van der Waals surface area (Å²) in [6.07, 6.45) is 7.76. The van der Waals surface area contributed by atoms with E-state index in [1.54, 1.807) is 11.1 Å². The number of rotatable bonds is 10. The SMILES string of the molecule is CC(C)(C)N.CC(C)C1=Cc2c(-c3cc(C(C)(C)C)cc(C(C)(C)C)c3)cccc2C1[SiH](C)CCCCCCOC(C)(C)C. The Labute approximate surface area is 275 Å². The van der Waals surface area contributed by atoms with Crippen LogP contribution in [0.2, 0.25) is 12.6 Å². The van der Waals surface area contributed by atoms with Crippen LogP contribution in [-0.4, -0.2) is 26.5 Å². The molecule has 3 heteroatoms. The van der Waals surface area contributed by atoms with Crippen LogP contribution in [0.3, 0.4) is 0 Å². The molecule has 2 N–H and O–H groups in total. The lowest BCUT2D eigenvalue weighted by Gasteiger charge is -2.27. The molecule has 0 saturated heterocycles. The van der Waals surface area contributed by atoms with E-state index in [9.17, 15) is 0 Å². The van der Waals surface area contributed by atoms with Crippen molar-refractivity contribution < 1.29 is 4.74 Å². The molecule has 0 amide bonds. The summed E-state index contributed by atoms with van der Waals surface area (Å²) >= 11 is 0. The van der Waals surface area contributed by atoms with Gasteiger partial charge in [-0.1, -0.05) is 135 Å². The average molecular weight is 620 g/mol. The molecule has 1 aliphatic carbocycles. The predicted octanol–water partition coefficient (Wildman–Crippen LogP) is 11.6. The van der Waals surface area contributed by atoms with Crippen LogP contribution in [0.1, 0.15) is 150 Å².